The molecule has 4 aromatic heterocycles. The fraction of sp³-hybridized carbons (Fsp3) is 0.0294. The molecule has 15 rings (SSSR count). The van der Waals surface area contributed by atoms with Gasteiger partial charge >= 0.3 is 0 Å². The van der Waals surface area contributed by atoms with E-state index in [-0.39, 0.29) is 21.1 Å². The smallest absolute Gasteiger partial charge is 0.135 e. The number of pyridine rings is 1. The second kappa shape index (κ2) is 18.0. The maximum absolute atomic E-state index is 6.72. The molecule has 10 aromatic carbocycles. The van der Waals surface area contributed by atoms with Crippen LogP contribution in [0, 0.1) is 25.7 Å². The zero-order chi connectivity index (χ0) is 49.7. The molecule has 0 N–H and O–H groups in total. The number of hydrogen-bond donors (Lipinski definition) is 0. The van der Waals surface area contributed by atoms with Crippen LogP contribution in [0.15, 0.2) is 231 Å². The van der Waals surface area contributed by atoms with Gasteiger partial charge < -0.3 is 28.2 Å². The van der Waals surface area contributed by atoms with Gasteiger partial charge in [-0.25, -0.2) is 4.98 Å². The van der Waals surface area contributed by atoms with Crippen LogP contribution in [-0.4, -0.2) is 25.7 Å². The number of aryl methyl sites for hydroxylation is 1. The van der Waals surface area contributed by atoms with Gasteiger partial charge in [-0.3, -0.25) is 0 Å². The topological polar surface area (TPSA) is 43.4 Å². The van der Waals surface area contributed by atoms with Gasteiger partial charge in [-0.05, 0) is 96.7 Å². The molecule has 0 radical (unpaired) electrons. The summed E-state index contributed by atoms with van der Waals surface area (Å²) in [7, 11) is 2.06. The maximum atomic E-state index is 6.72. The fourth-order valence-electron chi connectivity index (χ4n) is 11.8. The summed E-state index contributed by atoms with van der Waals surface area (Å²) in [6, 6.07) is 87.0. The first-order valence-corrected chi connectivity index (χ1v) is 25.3. The second-order valence-corrected chi connectivity index (χ2v) is 19.3. The van der Waals surface area contributed by atoms with Crippen LogP contribution in [0.5, 0.6) is 11.5 Å². The molecule has 0 saturated carbocycles. The summed E-state index contributed by atoms with van der Waals surface area (Å²) in [4.78, 5) is 9.78. The van der Waals surface area contributed by atoms with Crippen molar-refractivity contribution in [1.29, 1.82) is 0 Å². The molecule has 7 nitrogen and oxygen atoms in total. The molecule has 1 aliphatic rings. The molecule has 0 bridgehead atoms. The van der Waals surface area contributed by atoms with E-state index in [2.05, 4.69) is 269 Å². The molecular weight excluding hydrogens is 1110 g/mol. The number of anilines is 3. The average Bonchev–Trinajstić information content (AvgIpc) is 4.21. The molecule has 0 aliphatic carbocycles. The number of benzene rings is 10. The van der Waals surface area contributed by atoms with Gasteiger partial charge in [0.1, 0.15) is 5.82 Å². The van der Waals surface area contributed by atoms with Crippen molar-refractivity contribution < 1.29 is 25.8 Å². The number of fused-ring (bicyclic) bond motifs is 10. The van der Waals surface area contributed by atoms with Gasteiger partial charge in [0.15, 0.2) is 0 Å². The van der Waals surface area contributed by atoms with Crippen molar-refractivity contribution in [3.05, 3.63) is 255 Å². The van der Waals surface area contributed by atoms with Crippen molar-refractivity contribution >= 4 is 82.5 Å². The van der Waals surface area contributed by atoms with Crippen molar-refractivity contribution in [2.45, 2.75) is 6.92 Å². The number of hydrogen-bond acceptors (Lipinski definition) is 4. The van der Waals surface area contributed by atoms with E-state index in [1.165, 1.54) is 21.5 Å². The Labute approximate surface area is 454 Å². The van der Waals surface area contributed by atoms with Crippen LogP contribution in [0.2, 0.25) is 0 Å². The van der Waals surface area contributed by atoms with E-state index in [0.717, 1.165) is 106 Å². The summed E-state index contributed by atoms with van der Waals surface area (Å²) in [5, 5.41) is 7.01. The van der Waals surface area contributed by atoms with Crippen molar-refractivity contribution in [2.75, 3.05) is 16.8 Å². The average molecular weight is 1160 g/mol. The molecule has 76 heavy (non-hydrogen) atoms. The van der Waals surface area contributed by atoms with Gasteiger partial charge in [0.25, 0.3) is 0 Å². The number of aromatic nitrogens is 4. The van der Waals surface area contributed by atoms with Gasteiger partial charge in [-0.1, -0.05) is 139 Å². The van der Waals surface area contributed by atoms with E-state index in [4.69, 9.17) is 9.72 Å². The summed E-state index contributed by atoms with van der Waals surface area (Å²) in [5.41, 5.74) is 17.2. The standard InChI is InChI=1S/C68H45N6O.Pt/c1-44-39-66(69-42-55(44)68-63(72-56-28-10-6-23-50(56)51-24-7-11-29-57(51)72)35-18-36-64(68)73-58-30-12-8-25-52(58)53-26-9-13-31-59(53)73)74-62-34-17-27-49(45-19-4-3-5-20-45)67(62)54-38-37-48(41-65(54)74)75-47-22-16-21-46(40-47)71-43-70(2)60-32-14-15-33-61(60)71;/h3-39,42-43H,1-2H3;/q-3;. The predicted molar refractivity (Wildman–Crippen MR) is 308 cm³/mol. The summed E-state index contributed by atoms with van der Waals surface area (Å²) in [6.45, 7) is 4.30. The first-order chi connectivity index (χ1) is 37.1. The van der Waals surface area contributed by atoms with Gasteiger partial charge in [0.05, 0.1) is 33.4 Å². The molecule has 0 fully saturated rings. The largest absolute Gasteiger partial charge is 0.509 e. The molecule has 1 aliphatic heterocycles. The molecule has 0 spiro atoms. The van der Waals surface area contributed by atoms with Crippen molar-refractivity contribution in [2.24, 2.45) is 0 Å². The van der Waals surface area contributed by atoms with E-state index in [1.54, 1.807) is 0 Å². The Morgan fingerprint density at radius 3 is 1.61 bits per heavy atom. The van der Waals surface area contributed by atoms with E-state index in [1.807, 2.05) is 18.2 Å². The zero-order valence-corrected chi connectivity index (χ0v) is 43.7. The van der Waals surface area contributed by atoms with Crippen LogP contribution in [-0.2, 0) is 21.1 Å². The summed E-state index contributed by atoms with van der Waals surface area (Å²) < 4.78 is 13.8. The normalized spacial score (nSPS) is 12.4. The van der Waals surface area contributed by atoms with Gasteiger partial charge in [-0.2, -0.15) is 18.8 Å². The molecule has 14 aromatic rings. The first-order valence-electron chi connectivity index (χ1n) is 25.3. The van der Waals surface area contributed by atoms with E-state index < -0.39 is 0 Å². The second-order valence-electron chi connectivity index (χ2n) is 19.3. The molecule has 0 amide bonds. The van der Waals surface area contributed by atoms with Crippen LogP contribution >= 0.6 is 0 Å². The van der Waals surface area contributed by atoms with Gasteiger partial charge in [0, 0.05) is 88.3 Å². The Hall–Kier alpha value is -9.16. The van der Waals surface area contributed by atoms with E-state index >= 15 is 0 Å². The van der Waals surface area contributed by atoms with Crippen LogP contribution in [0.4, 0.5) is 17.1 Å². The van der Waals surface area contributed by atoms with Crippen LogP contribution in [0.3, 0.4) is 0 Å². The van der Waals surface area contributed by atoms with Crippen molar-refractivity contribution in [3.8, 4) is 50.9 Å². The van der Waals surface area contributed by atoms with Gasteiger partial charge in [-0.15, -0.1) is 41.4 Å². The third-order valence-electron chi connectivity index (χ3n) is 15.1. The fourth-order valence-corrected chi connectivity index (χ4v) is 11.8. The predicted octanol–water partition coefficient (Wildman–Crippen LogP) is 17.1. The van der Waals surface area contributed by atoms with Crippen molar-refractivity contribution in [3.63, 3.8) is 0 Å². The van der Waals surface area contributed by atoms with E-state index in [0.29, 0.717) is 11.5 Å². The Balaban J connectivity index is 0.00000528. The Morgan fingerprint density at radius 2 is 0.974 bits per heavy atom. The third kappa shape index (κ3) is 7.03. The molecule has 5 heterocycles. The molecule has 0 atom stereocenters. The van der Waals surface area contributed by atoms with E-state index in [9.17, 15) is 0 Å². The first kappa shape index (κ1) is 45.5. The summed E-state index contributed by atoms with van der Waals surface area (Å²) in [6.07, 6.45) is 2.08. The minimum Gasteiger partial charge on any atom is -0.509 e. The maximum Gasteiger partial charge on any atom is 0.135 e. The Bertz CT molecular complexity index is 4370. The Kier molecular flexibility index (Phi) is 10.8. The van der Waals surface area contributed by atoms with Crippen molar-refractivity contribution in [1.82, 2.24) is 18.7 Å². The molecule has 366 valence electrons. The monoisotopic (exact) mass is 1160 g/mol. The summed E-state index contributed by atoms with van der Waals surface area (Å²) >= 11 is 0. The minimum atomic E-state index is 0. The molecule has 8 heteroatoms. The third-order valence-corrected chi connectivity index (χ3v) is 15.1. The summed E-state index contributed by atoms with van der Waals surface area (Å²) in [5.74, 6) is 1.95. The number of rotatable bonds is 8. The quantitative estimate of drug-likeness (QED) is 0.142. The van der Waals surface area contributed by atoms with Gasteiger partial charge in [0.2, 0.25) is 0 Å². The SMILES string of the molecule is Cc1cc(-n2c3[c-]c(Oc4[c-]c(N5[CH-]N(C)c6ccccc65)ccc4)ccc3c3c(-c4ccccc4)cccc32)ncc1-c1c(-n2c3ccccc3c3ccccc32)cccc1-n1c2ccccc2c2ccccc21.[Pt]. The number of nitrogens with zero attached hydrogens (tertiary/aromatic N) is 6. The van der Waals surface area contributed by atoms with Crippen LogP contribution in [0.1, 0.15) is 5.56 Å². The zero-order valence-electron chi connectivity index (χ0n) is 41.4. The van der Waals surface area contributed by atoms with Crippen LogP contribution < -0.4 is 14.5 Å². The number of para-hydroxylation sites is 6. The molecular formula is C68H45N6OPt-3. The molecule has 0 saturated heterocycles. The number of ether oxygens (including phenoxy) is 1. The molecule has 0 unspecified atom stereocenters. The minimum absolute atomic E-state index is 0. The van der Waals surface area contributed by atoms with Crippen LogP contribution in [0.25, 0.3) is 105 Å². The Morgan fingerprint density at radius 1 is 0.447 bits per heavy atom.